The minimum absolute atomic E-state index is 0.198. The molecule has 0 spiro atoms. The first-order valence-corrected chi connectivity index (χ1v) is 8.55. The number of carbonyl (C=O) groups is 1. The number of rotatable bonds is 7. The first-order chi connectivity index (χ1) is 12.3. The summed E-state index contributed by atoms with van der Waals surface area (Å²) >= 11 is 0. The standard InChI is InChI=1S/C19H23N3O3/c23-19(21-13-15-8-11-24-14-15)22-17-4-6-18(7-5-17)25-12-9-16-3-1-2-10-20-16/h1-7,10,15H,8-9,11-14H2,(H2,21,22,23)/t15-/m1/s1. The quantitative estimate of drug-likeness (QED) is 0.812. The molecule has 1 fully saturated rings. The molecule has 6 nitrogen and oxygen atoms in total. The second-order valence-electron chi connectivity index (χ2n) is 6.01. The van der Waals surface area contributed by atoms with Crippen LogP contribution in [0.25, 0.3) is 0 Å². The maximum Gasteiger partial charge on any atom is 0.319 e. The summed E-state index contributed by atoms with van der Waals surface area (Å²) in [5.41, 5.74) is 1.74. The number of hydrogen-bond donors (Lipinski definition) is 2. The van der Waals surface area contributed by atoms with Crippen LogP contribution in [0.1, 0.15) is 12.1 Å². The Morgan fingerprint density at radius 2 is 2.12 bits per heavy atom. The van der Waals surface area contributed by atoms with Crippen LogP contribution in [0.15, 0.2) is 48.7 Å². The Labute approximate surface area is 147 Å². The van der Waals surface area contributed by atoms with Crippen LogP contribution in [0.4, 0.5) is 10.5 Å². The minimum atomic E-state index is -0.198. The molecule has 1 atom stereocenters. The second kappa shape index (κ2) is 9.03. The minimum Gasteiger partial charge on any atom is -0.493 e. The molecule has 0 radical (unpaired) electrons. The molecule has 0 unspecified atom stereocenters. The molecular formula is C19H23N3O3. The third-order valence-corrected chi connectivity index (χ3v) is 4.04. The average Bonchev–Trinajstić information content (AvgIpc) is 3.16. The van der Waals surface area contributed by atoms with Gasteiger partial charge in [-0.15, -0.1) is 0 Å². The van der Waals surface area contributed by atoms with Crippen LogP contribution < -0.4 is 15.4 Å². The summed E-state index contributed by atoms with van der Waals surface area (Å²) in [6.07, 6.45) is 3.54. The SMILES string of the molecule is O=C(NC[C@H]1CCOC1)Nc1ccc(OCCc2ccccn2)cc1. The van der Waals surface area contributed by atoms with Crippen molar-refractivity contribution in [3.63, 3.8) is 0 Å². The number of anilines is 1. The third-order valence-electron chi connectivity index (χ3n) is 4.04. The summed E-state index contributed by atoms with van der Waals surface area (Å²) in [5.74, 6) is 1.19. The number of benzene rings is 1. The van der Waals surface area contributed by atoms with Crippen molar-refractivity contribution in [3.05, 3.63) is 54.4 Å². The number of aromatic nitrogens is 1. The van der Waals surface area contributed by atoms with E-state index in [0.29, 0.717) is 19.1 Å². The van der Waals surface area contributed by atoms with Crippen LogP contribution in [0.5, 0.6) is 5.75 Å². The molecule has 2 N–H and O–H groups in total. The van der Waals surface area contributed by atoms with Gasteiger partial charge < -0.3 is 20.1 Å². The zero-order valence-corrected chi connectivity index (χ0v) is 14.1. The van der Waals surface area contributed by atoms with Gasteiger partial charge in [0.05, 0.1) is 13.2 Å². The monoisotopic (exact) mass is 341 g/mol. The predicted octanol–water partition coefficient (Wildman–Crippen LogP) is 2.86. The van der Waals surface area contributed by atoms with Gasteiger partial charge in [-0.25, -0.2) is 4.79 Å². The van der Waals surface area contributed by atoms with Crippen molar-refractivity contribution in [2.45, 2.75) is 12.8 Å². The van der Waals surface area contributed by atoms with E-state index < -0.39 is 0 Å². The predicted molar refractivity (Wildman–Crippen MR) is 95.8 cm³/mol. The Morgan fingerprint density at radius 3 is 2.84 bits per heavy atom. The number of nitrogens with zero attached hydrogens (tertiary/aromatic N) is 1. The first-order valence-electron chi connectivity index (χ1n) is 8.55. The number of urea groups is 1. The van der Waals surface area contributed by atoms with Crippen molar-refractivity contribution < 1.29 is 14.3 Å². The van der Waals surface area contributed by atoms with Crippen LogP contribution in [0.3, 0.4) is 0 Å². The molecule has 1 aromatic heterocycles. The Hall–Kier alpha value is -2.60. The van der Waals surface area contributed by atoms with Gasteiger partial charge in [0.1, 0.15) is 5.75 Å². The van der Waals surface area contributed by atoms with Gasteiger partial charge in [0.2, 0.25) is 0 Å². The van der Waals surface area contributed by atoms with E-state index >= 15 is 0 Å². The van der Waals surface area contributed by atoms with E-state index in [9.17, 15) is 4.79 Å². The number of carbonyl (C=O) groups excluding carboxylic acids is 1. The van der Waals surface area contributed by atoms with Crippen LogP contribution in [0, 0.1) is 5.92 Å². The number of hydrogen-bond acceptors (Lipinski definition) is 4. The van der Waals surface area contributed by atoms with E-state index in [1.54, 1.807) is 6.20 Å². The Morgan fingerprint density at radius 1 is 1.24 bits per heavy atom. The van der Waals surface area contributed by atoms with Gasteiger partial charge in [0, 0.05) is 43.1 Å². The van der Waals surface area contributed by atoms with E-state index in [0.717, 1.165) is 43.2 Å². The lowest BCUT2D eigenvalue weighted by molar-refractivity contribution is 0.185. The van der Waals surface area contributed by atoms with Gasteiger partial charge in [-0.1, -0.05) is 6.07 Å². The molecule has 0 saturated carbocycles. The maximum atomic E-state index is 11.9. The van der Waals surface area contributed by atoms with Gasteiger partial charge in [0.15, 0.2) is 0 Å². The highest BCUT2D eigenvalue weighted by atomic mass is 16.5. The summed E-state index contributed by atoms with van der Waals surface area (Å²) in [7, 11) is 0. The second-order valence-corrected chi connectivity index (χ2v) is 6.01. The Kier molecular flexibility index (Phi) is 6.23. The van der Waals surface area contributed by atoms with E-state index in [4.69, 9.17) is 9.47 Å². The molecule has 1 saturated heterocycles. The highest BCUT2D eigenvalue weighted by Gasteiger charge is 2.16. The largest absolute Gasteiger partial charge is 0.493 e. The number of pyridine rings is 1. The fourth-order valence-corrected chi connectivity index (χ4v) is 2.61. The third kappa shape index (κ3) is 5.76. The zero-order chi connectivity index (χ0) is 17.3. The average molecular weight is 341 g/mol. The van der Waals surface area contributed by atoms with Crippen LogP contribution in [-0.2, 0) is 11.2 Å². The fourth-order valence-electron chi connectivity index (χ4n) is 2.61. The molecule has 3 rings (SSSR count). The molecule has 2 aromatic rings. The summed E-state index contributed by atoms with van der Waals surface area (Å²) in [6, 6.07) is 13.0. The molecule has 0 bridgehead atoms. The van der Waals surface area contributed by atoms with Crippen LogP contribution >= 0.6 is 0 Å². The summed E-state index contributed by atoms with van der Waals surface area (Å²) in [5, 5.41) is 5.69. The molecule has 0 aliphatic carbocycles. The highest BCUT2D eigenvalue weighted by Crippen LogP contribution is 2.16. The van der Waals surface area contributed by atoms with Crippen molar-refractivity contribution in [2.24, 2.45) is 5.92 Å². The maximum absolute atomic E-state index is 11.9. The van der Waals surface area contributed by atoms with Crippen molar-refractivity contribution in [3.8, 4) is 5.75 Å². The lowest BCUT2D eigenvalue weighted by Crippen LogP contribution is -2.33. The molecule has 2 heterocycles. The topological polar surface area (TPSA) is 72.5 Å². The normalized spacial score (nSPS) is 16.4. The van der Waals surface area contributed by atoms with Gasteiger partial charge in [-0.2, -0.15) is 0 Å². The number of ether oxygens (including phenoxy) is 2. The van der Waals surface area contributed by atoms with E-state index in [1.165, 1.54) is 0 Å². The van der Waals surface area contributed by atoms with Crippen LogP contribution in [0.2, 0.25) is 0 Å². The molecule has 1 aliphatic heterocycles. The summed E-state index contributed by atoms with van der Waals surface area (Å²) in [4.78, 5) is 16.1. The van der Waals surface area contributed by atoms with E-state index in [-0.39, 0.29) is 6.03 Å². The lowest BCUT2D eigenvalue weighted by Gasteiger charge is -2.11. The van der Waals surface area contributed by atoms with Crippen molar-refractivity contribution in [1.82, 2.24) is 10.3 Å². The first kappa shape index (κ1) is 17.2. The zero-order valence-electron chi connectivity index (χ0n) is 14.1. The van der Waals surface area contributed by atoms with Crippen molar-refractivity contribution in [1.29, 1.82) is 0 Å². The van der Waals surface area contributed by atoms with Gasteiger partial charge >= 0.3 is 6.03 Å². The smallest absolute Gasteiger partial charge is 0.319 e. The Bertz CT molecular complexity index is 655. The summed E-state index contributed by atoms with van der Waals surface area (Å²) < 4.78 is 11.0. The number of nitrogens with one attached hydrogen (secondary N) is 2. The molecule has 2 amide bonds. The fraction of sp³-hybridized carbons (Fsp3) is 0.368. The summed E-state index contributed by atoms with van der Waals surface area (Å²) in [6.45, 7) is 2.72. The highest BCUT2D eigenvalue weighted by molar-refractivity contribution is 5.89. The van der Waals surface area contributed by atoms with Gasteiger partial charge in [-0.05, 0) is 42.8 Å². The molecule has 132 valence electrons. The lowest BCUT2D eigenvalue weighted by atomic mass is 10.1. The molecular weight excluding hydrogens is 318 g/mol. The Balaban J connectivity index is 1.38. The van der Waals surface area contributed by atoms with Gasteiger partial charge in [-0.3, -0.25) is 4.98 Å². The molecule has 1 aliphatic rings. The molecule has 25 heavy (non-hydrogen) atoms. The van der Waals surface area contributed by atoms with E-state index in [1.807, 2.05) is 42.5 Å². The van der Waals surface area contributed by atoms with Crippen molar-refractivity contribution in [2.75, 3.05) is 31.7 Å². The van der Waals surface area contributed by atoms with Crippen molar-refractivity contribution >= 4 is 11.7 Å². The van der Waals surface area contributed by atoms with Crippen LogP contribution in [-0.4, -0.2) is 37.4 Å². The number of amides is 2. The van der Waals surface area contributed by atoms with E-state index in [2.05, 4.69) is 15.6 Å². The molecule has 1 aromatic carbocycles. The molecule has 6 heteroatoms. The van der Waals surface area contributed by atoms with Gasteiger partial charge in [0.25, 0.3) is 0 Å².